The second-order valence-corrected chi connectivity index (χ2v) is 3.99. The fraction of sp³-hybridized carbons (Fsp3) is 0.400. The molecule has 0 radical (unpaired) electrons. The third kappa shape index (κ3) is 2.31. The Bertz CT molecular complexity index is 498. The van der Waals surface area contributed by atoms with Gasteiger partial charge in [-0.3, -0.25) is 10.1 Å². The molecule has 1 aromatic rings. The maximum atomic E-state index is 10.6. The topological polar surface area (TPSA) is 106 Å². The van der Waals surface area contributed by atoms with Crippen LogP contribution in [0, 0.1) is 17.0 Å². The van der Waals surface area contributed by atoms with Gasteiger partial charge >= 0.3 is 6.09 Å². The van der Waals surface area contributed by atoms with E-state index in [2.05, 4.69) is 4.98 Å². The molecule has 0 aromatic carbocycles. The van der Waals surface area contributed by atoms with Crippen LogP contribution < -0.4 is 4.74 Å². The van der Waals surface area contributed by atoms with E-state index in [1.165, 1.54) is 11.0 Å². The van der Waals surface area contributed by atoms with Gasteiger partial charge in [-0.15, -0.1) is 0 Å². The van der Waals surface area contributed by atoms with Crippen molar-refractivity contribution in [2.45, 2.75) is 13.0 Å². The monoisotopic (exact) mass is 253 g/mol. The average molecular weight is 253 g/mol. The highest BCUT2D eigenvalue weighted by Crippen LogP contribution is 2.22. The Hall–Kier alpha value is -2.38. The van der Waals surface area contributed by atoms with Crippen molar-refractivity contribution in [3.8, 4) is 5.88 Å². The van der Waals surface area contributed by atoms with E-state index in [-0.39, 0.29) is 30.8 Å². The van der Waals surface area contributed by atoms with Crippen molar-refractivity contribution < 1.29 is 19.6 Å². The lowest BCUT2D eigenvalue weighted by Crippen LogP contribution is -2.55. The van der Waals surface area contributed by atoms with Crippen molar-refractivity contribution in [3.05, 3.63) is 27.9 Å². The summed E-state index contributed by atoms with van der Waals surface area (Å²) in [6, 6.07) is 1.47. The quantitative estimate of drug-likeness (QED) is 0.637. The van der Waals surface area contributed by atoms with Gasteiger partial charge in [0.2, 0.25) is 5.88 Å². The number of pyridine rings is 1. The van der Waals surface area contributed by atoms with E-state index in [1.807, 2.05) is 0 Å². The summed E-state index contributed by atoms with van der Waals surface area (Å²) in [5.41, 5.74) is 0.391. The standard InChI is InChI=1S/C10H11N3O5/c1-6-2-9(11-3-8(6)13(16)17)18-7-4-12(5-7)10(14)15/h2-3,7H,4-5H2,1H3,(H,14,15). The smallest absolute Gasteiger partial charge is 0.407 e. The number of rotatable bonds is 3. The highest BCUT2D eigenvalue weighted by molar-refractivity contribution is 5.66. The number of likely N-dealkylation sites (tertiary alicyclic amines) is 1. The summed E-state index contributed by atoms with van der Waals surface area (Å²) in [6.07, 6.45) is -0.0877. The van der Waals surface area contributed by atoms with Crippen LogP contribution in [0.4, 0.5) is 10.5 Å². The number of nitro groups is 1. The largest absolute Gasteiger partial charge is 0.471 e. The first-order chi connectivity index (χ1) is 8.47. The molecule has 0 aliphatic carbocycles. The molecule has 1 aliphatic rings. The minimum Gasteiger partial charge on any atom is -0.471 e. The molecule has 8 nitrogen and oxygen atoms in total. The van der Waals surface area contributed by atoms with Crippen molar-refractivity contribution in [1.82, 2.24) is 9.88 Å². The Morgan fingerprint density at radius 1 is 1.67 bits per heavy atom. The Morgan fingerprint density at radius 2 is 2.33 bits per heavy atom. The van der Waals surface area contributed by atoms with Crippen molar-refractivity contribution in [2.75, 3.05) is 13.1 Å². The zero-order valence-corrected chi connectivity index (χ0v) is 9.57. The molecular weight excluding hydrogens is 242 g/mol. The van der Waals surface area contributed by atoms with Gasteiger partial charge in [0.05, 0.1) is 18.0 Å². The van der Waals surface area contributed by atoms with E-state index in [4.69, 9.17) is 9.84 Å². The van der Waals surface area contributed by atoms with Crippen LogP contribution in [0.15, 0.2) is 12.3 Å². The molecule has 2 rings (SSSR count). The predicted molar refractivity (Wildman–Crippen MR) is 59.6 cm³/mol. The molecule has 1 aliphatic heterocycles. The molecule has 0 unspecified atom stereocenters. The molecule has 0 spiro atoms. The van der Waals surface area contributed by atoms with Crippen molar-refractivity contribution in [3.63, 3.8) is 0 Å². The zero-order chi connectivity index (χ0) is 13.3. The third-order valence-corrected chi connectivity index (χ3v) is 2.66. The molecule has 1 fully saturated rings. The molecule has 0 saturated carbocycles. The minimum absolute atomic E-state index is 0.0666. The molecule has 1 N–H and O–H groups in total. The van der Waals surface area contributed by atoms with Crippen molar-refractivity contribution in [2.24, 2.45) is 0 Å². The number of ether oxygens (including phenoxy) is 1. The molecule has 1 saturated heterocycles. The maximum Gasteiger partial charge on any atom is 0.407 e. The van der Waals surface area contributed by atoms with E-state index in [0.29, 0.717) is 5.56 Å². The van der Waals surface area contributed by atoms with Crippen LogP contribution >= 0.6 is 0 Å². The Morgan fingerprint density at radius 3 is 2.83 bits per heavy atom. The fourth-order valence-electron chi connectivity index (χ4n) is 1.62. The molecule has 0 atom stereocenters. The van der Waals surface area contributed by atoms with Crippen LogP contribution in [-0.2, 0) is 0 Å². The van der Waals surface area contributed by atoms with Gasteiger partial charge in [0.1, 0.15) is 12.3 Å². The summed E-state index contributed by atoms with van der Waals surface area (Å²) in [7, 11) is 0. The van der Waals surface area contributed by atoms with Gasteiger partial charge in [-0.05, 0) is 6.92 Å². The first-order valence-corrected chi connectivity index (χ1v) is 5.23. The van der Waals surface area contributed by atoms with E-state index in [9.17, 15) is 14.9 Å². The van der Waals surface area contributed by atoms with Gasteiger partial charge in [0, 0.05) is 11.6 Å². The van der Waals surface area contributed by atoms with Crippen LogP contribution in [0.2, 0.25) is 0 Å². The van der Waals surface area contributed by atoms with E-state index in [1.54, 1.807) is 6.92 Å². The number of nitrogens with zero attached hydrogens (tertiary/aromatic N) is 3. The summed E-state index contributed by atoms with van der Waals surface area (Å²) in [4.78, 5) is 25.6. The second-order valence-electron chi connectivity index (χ2n) is 3.99. The molecule has 1 aromatic heterocycles. The van der Waals surface area contributed by atoms with Crippen LogP contribution in [0.1, 0.15) is 5.56 Å². The maximum absolute atomic E-state index is 10.6. The van der Waals surface area contributed by atoms with Crippen LogP contribution in [0.3, 0.4) is 0 Å². The van der Waals surface area contributed by atoms with E-state index >= 15 is 0 Å². The van der Waals surface area contributed by atoms with Crippen LogP contribution in [0.5, 0.6) is 5.88 Å². The minimum atomic E-state index is -0.984. The third-order valence-electron chi connectivity index (χ3n) is 2.66. The fourth-order valence-corrected chi connectivity index (χ4v) is 1.62. The Kier molecular flexibility index (Phi) is 3.00. The van der Waals surface area contributed by atoms with Gasteiger partial charge in [-0.1, -0.05) is 0 Å². The van der Waals surface area contributed by atoms with Gasteiger partial charge in [0.25, 0.3) is 5.69 Å². The summed E-state index contributed by atoms with van der Waals surface area (Å²) in [5, 5.41) is 19.2. The lowest BCUT2D eigenvalue weighted by molar-refractivity contribution is -0.385. The average Bonchev–Trinajstić information content (AvgIpc) is 2.21. The number of aryl methyl sites for hydroxylation is 1. The Balaban J connectivity index is 1.98. The highest BCUT2D eigenvalue weighted by atomic mass is 16.6. The van der Waals surface area contributed by atoms with E-state index < -0.39 is 11.0 Å². The molecule has 96 valence electrons. The van der Waals surface area contributed by atoms with Crippen molar-refractivity contribution >= 4 is 11.8 Å². The lowest BCUT2D eigenvalue weighted by Gasteiger charge is -2.36. The van der Waals surface area contributed by atoms with Crippen LogP contribution in [0.25, 0.3) is 0 Å². The first kappa shape index (κ1) is 12.1. The molecule has 0 bridgehead atoms. The van der Waals surface area contributed by atoms with Crippen molar-refractivity contribution in [1.29, 1.82) is 0 Å². The molecule has 1 amide bonds. The Labute approximate surface area is 102 Å². The number of amides is 1. The number of hydrogen-bond acceptors (Lipinski definition) is 5. The van der Waals surface area contributed by atoms with Gasteiger partial charge in [0.15, 0.2) is 0 Å². The summed E-state index contributed by atoms with van der Waals surface area (Å²) in [5.74, 6) is 0.271. The van der Waals surface area contributed by atoms with E-state index in [0.717, 1.165) is 6.20 Å². The molecular formula is C10H11N3O5. The number of carbonyl (C=O) groups is 1. The molecule has 2 heterocycles. The lowest BCUT2D eigenvalue weighted by atomic mass is 10.2. The first-order valence-electron chi connectivity index (χ1n) is 5.23. The number of carboxylic acid groups (broad SMARTS) is 1. The number of hydrogen-bond donors (Lipinski definition) is 1. The summed E-state index contributed by atoms with van der Waals surface area (Å²) >= 11 is 0. The van der Waals surface area contributed by atoms with Gasteiger partial charge < -0.3 is 14.7 Å². The zero-order valence-electron chi connectivity index (χ0n) is 9.57. The summed E-state index contributed by atoms with van der Waals surface area (Å²) in [6.45, 7) is 2.16. The molecule has 18 heavy (non-hydrogen) atoms. The highest BCUT2D eigenvalue weighted by Gasteiger charge is 2.32. The SMILES string of the molecule is Cc1cc(OC2CN(C(=O)O)C2)ncc1[N+](=O)[O-]. The number of aromatic nitrogens is 1. The predicted octanol–water partition coefficient (Wildman–Crippen LogP) is 1.04. The summed E-state index contributed by atoms with van der Waals surface area (Å²) < 4.78 is 5.41. The molecule has 8 heteroatoms. The van der Waals surface area contributed by atoms with Gasteiger partial charge in [-0.25, -0.2) is 9.78 Å². The van der Waals surface area contributed by atoms with Crippen LogP contribution in [-0.4, -0.2) is 45.2 Å². The normalized spacial score (nSPS) is 15.1. The second kappa shape index (κ2) is 4.47. The van der Waals surface area contributed by atoms with Gasteiger partial charge in [-0.2, -0.15) is 0 Å².